The number of benzene rings is 1. The first-order chi connectivity index (χ1) is 12.2. The number of rotatable bonds is 3. The van der Waals surface area contributed by atoms with E-state index in [0.29, 0.717) is 23.5 Å². The zero-order valence-corrected chi connectivity index (χ0v) is 16.6. The summed E-state index contributed by atoms with van der Waals surface area (Å²) in [4.78, 5) is 0. The van der Waals surface area contributed by atoms with Crippen molar-refractivity contribution in [2.75, 3.05) is 14.1 Å². The minimum absolute atomic E-state index is 0.0708. The Labute approximate surface area is 156 Å². The molecule has 144 valence electrons. The van der Waals surface area contributed by atoms with Crippen LogP contribution in [0.5, 0.6) is 5.75 Å². The van der Waals surface area contributed by atoms with Crippen molar-refractivity contribution in [3.63, 3.8) is 0 Å². The minimum atomic E-state index is -3.65. The zero-order valence-electron chi connectivity index (χ0n) is 15.8. The first kappa shape index (κ1) is 18.3. The van der Waals surface area contributed by atoms with Crippen molar-refractivity contribution in [3.05, 3.63) is 29.3 Å². The molecule has 3 aliphatic rings. The first-order valence-corrected chi connectivity index (χ1v) is 11.0. The molecule has 5 atom stereocenters. The van der Waals surface area contributed by atoms with Crippen molar-refractivity contribution >= 4 is 10.3 Å². The molecule has 1 aromatic carbocycles. The van der Waals surface area contributed by atoms with Crippen LogP contribution in [-0.2, 0) is 20.9 Å². The van der Waals surface area contributed by atoms with Crippen LogP contribution in [-0.4, -0.2) is 38.0 Å². The molecule has 0 radical (unpaired) electrons. The lowest BCUT2D eigenvalue weighted by Gasteiger charge is -2.50. The summed E-state index contributed by atoms with van der Waals surface area (Å²) in [6.07, 6.45) is 5.82. The molecule has 0 saturated heterocycles. The maximum atomic E-state index is 12.3. The molecule has 0 heterocycles. The molecule has 5 nitrogen and oxygen atoms in total. The number of aryl methyl sites for hydroxylation is 1. The van der Waals surface area contributed by atoms with Gasteiger partial charge in [0.25, 0.3) is 0 Å². The lowest BCUT2D eigenvalue weighted by atomic mass is 9.55. The standard InChI is InChI=1S/C20H29NO4S/c1-20-11-10-16-15-7-5-14(22)12-13(15)4-6-17(16)18(20)8-9-19(20)25-26(23,24)21(2)3/h5,7,12,16-19,22H,4,6,8-11H2,1-3H3/t16?,17?,18?,19-,20?/m0/s1. The predicted molar refractivity (Wildman–Crippen MR) is 100 cm³/mol. The molecule has 0 aliphatic heterocycles. The number of hydrogen-bond donors (Lipinski definition) is 1. The van der Waals surface area contributed by atoms with Crippen LogP contribution >= 0.6 is 0 Å². The van der Waals surface area contributed by atoms with Crippen molar-refractivity contribution in [1.29, 1.82) is 0 Å². The van der Waals surface area contributed by atoms with Crippen LogP contribution in [0.1, 0.15) is 56.1 Å². The Balaban J connectivity index is 1.60. The van der Waals surface area contributed by atoms with Gasteiger partial charge in [0, 0.05) is 14.1 Å². The van der Waals surface area contributed by atoms with Crippen LogP contribution in [0.15, 0.2) is 18.2 Å². The smallest absolute Gasteiger partial charge is 0.338 e. The highest BCUT2D eigenvalue weighted by Crippen LogP contribution is 2.61. The van der Waals surface area contributed by atoms with E-state index in [1.54, 1.807) is 6.07 Å². The van der Waals surface area contributed by atoms with Crippen LogP contribution in [0, 0.1) is 17.3 Å². The summed E-state index contributed by atoms with van der Waals surface area (Å²) < 4.78 is 31.4. The molecule has 2 saturated carbocycles. The number of phenolic OH excluding ortho intramolecular Hbond substituents is 1. The minimum Gasteiger partial charge on any atom is -0.508 e. The van der Waals surface area contributed by atoms with Gasteiger partial charge in [-0.15, -0.1) is 0 Å². The molecule has 4 rings (SSSR count). The molecule has 4 unspecified atom stereocenters. The molecular weight excluding hydrogens is 350 g/mol. The van der Waals surface area contributed by atoms with E-state index in [4.69, 9.17) is 4.18 Å². The second kappa shape index (κ2) is 6.21. The van der Waals surface area contributed by atoms with Gasteiger partial charge in [0.2, 0.25) is 0 Å². The second-order valence-corrected chi connectivity index (χ2v) is 10.5. The highest BCUT2D eigenvalue weighted by Gasteiger charge is 2.56. The van der Waals surface area contributed by atoms with Gasteiger partial charge in [0.05, 0.1) is 6.10 Å². The second-order valence-electron chi connectivity index (χ2n) is 8.75. The molecule has 2 fully saturated rings. The largest absolute Gasteiger partial charge is 0.508 e. The fourth-order valence-corrected chi connectivity index (χ4v) is 6.69. The normalized spacial score (nSPS) is 36.5. The van der Waals surface area contributed by atoms with Crippen molar-refractivity contribution in [1.82, 2.24) is 4.31 Å². The van der Waals surface area contributed by atoms with Crippen LogP contribution in [0.3, 0.4) is 0 Å². The Hall–Kier alpha value is -1.11. The summed E-state index contributed by atoms with van der Waals surface area (Å²) in [6, 6.07) is 5.83. The predicted octanol–water partition coefficient (Wildman–Crippen LogP) is 3.44. The number of nitrogens with zero attached hydrogens (tertiary/aromatic N) is 1. The molecule has 0 aromatic heterocycles. The number of fused-ring (bicyclic) bond motifs is 5. The van der Waals surface area contributed by atoms with E-state index in [2.05, 4.69) is 13.0 Å². The van der Waals surface area contributed by atoms with Crippen molar-refractivity contribution in [3.8, 4) is 5.75 Å². The molecule has 0 bridgehead atoms. The first-order valence-electron chi connectivity index (χ1n) is 9.65. The SMILES string of the molecule is CN(C)S(=O)(=O)O[C@H]1CCC2C3CCc4cc(O)ccc4C3CCC21C. The summed E-state index contributed by atoms with van der Waals surface area (Å²) in [6.45, 7) is 2.24. The van der Waals surface area contributed by atoms with Gasteiger partial charge in [0.15, 0.2) is 0 Å². The number of phenols is 1. The monoisotopic (exact) mass is 379 g/mol. The number of hydrogen-bond acceptors (Lipinski definition) is 4. The van der Waals surface area contributed by atoms with Gasteiger partial charge < -0.3 is 5.11 Å². The third-order valence-corrected chi connectivity index (χ3v) is 8.68. The molecule has 6 heteroatoms. The van der Waals surface area contributed by atoms with Gasteiger partial charge in [-0.05, 0) is 85.0 Å². The molecule has 3 aliphatic carbocycles. The zero-order chi connectivity index (χ0) is 18.7. The summed E-state index contributed by atoms with van der Waals surface area (Å²) >= 11 is 0. The molecule has 1 N–H and O–H groups in total. The molecule has 0 spiro atoms. The Kier molecular flexibility index (Phi) is 4.36. The Bertz CT molecular complexity index is 806. The quantitative estimate of drug-likeness (QED) is 0.874. The lowest BCUT2D eigenvalue weighted by molar-refractivity contribution is -0.0103. The van der Waals surface area contributed by atoms with Crippen LogP contribution in [0.2, 0.25) is 0 Å². The van der Waals surface area contributed by atoms with Crippen LogP contribution in [0.25, 0.3) is 0 Å². The topological polar surface area (TPSA) is 66.8 Å². The van der Waals surface area contributed by atoms with Crippen LogP contribution in [0.4, 0.5) is 0 Å². The highest BCUT2D eigenvalue weighted by atomic mass is 32.2. The van der Waals surface area contributed by atoms with Gasteiger partial charge >= 0.3 is 10.3 Å². The van der Waals surface area contributed by atoms with E-state index >= 15 is 0 Å². The molecular formula is C20H29NO4S. The van der Waals surface area contributed by atoms with Crippen molar-refractivity contribution in [2.24, 2.45) is 17.3 Å². The Morgan fingerprint density at radius 1 is 1.19 bits per heavy atom. The van der Waals surface area contributed by atoms with Crippen LogP contribution < -0.4 is 0 Å². The maximum absolute atomic E-state index is 12.3. The van der Waals surface area contributed by atoms with Gasteiger partial charge in [-0.25, -0.2) is 0 Å². The van der Waals surface area contributed by atoms with Gasteiger partial charge in [0.1, 0.15) is 5.75 Å². The summed E-state index contributed by atoms with van der Waals surface area (Å²) in [7, 11) is -0.603. The van der Waals surface area contributed by atoms with Gasteiger partial charge in [-0.1, -0.05) is 13.0 Å². The van der Waals surface area contributed by atoms with E-state index < -0.39 is 10.3 Å². The van der Waals surface area contributed by atoms with Crippen molar-refractivity contribution < 1.29 is 17.7 Å². The summed E-state index contributed by atoms with van der Waals surface area (Å²) in [5.74, 6) is 1.97. The average molecular weight is 380 g/mol. The van der Waals surface area contributed by atoms with Crippen molar-refractivity contribution in [2.45, 2.75) is 57.5 Å². The molecule has 26 heavy (non-hydrogen) atoms. The van der Waals surface area contributed by atoms with Gasteiger partial charge in [-0.3, -0.25) is 4.18 Å². The van der Waals surface area contributed by atoms with E-state index in [9.17, 15) is 13.5 Å². The third-order valence-electron chi connectivity index (χ3n) is 7.31. The lowest BCUT2D eigenvalue weighted by Crippen LogP contribution is -2.46. The summed E-state index contributed by atoms with van der Waals surface area (Å²) in [5, 5.41) is 9.79. The third kappa shape index (κ3) is 2.77. The molecule has 1 aromatic rings. The average Bonchev–Trinajstić information content (AvgIpc) is 2.90. The fraction of sp³-hybridized carbons (Fsp3) is 0.700. The van der Waals surface area contributed by atoms with Gasteiger partial charge in [-0.2, -0.15) is 12.7 Å². The number of aromatic hydroxyl groups is 1. The van der Waals surface area contributed by atoms with E-state index in [1.165, 1.54) is 29.5 Å². The fourth-order valence-electron chi connectivity index (χ4n) is 5.91. The Morgan fingerprint density at radius 3 is 2.69 bits per heavy atom. The Morgan fingerprint density at radius 2 is 1.96 bits per heavy atom. The summed E-state index contributed by atoms with van der Waals surface area (Å²) in [5.41, 5.74) is 2.61. The van der Waals surface area contributed by atoms with E-state index in [1.807, 2.05) is 6.07 Å². The van der Waals surface area contributed by atoms with E-state index in [-0.39, 0.29) is 11.5 Å². The molecule has 0 amide bonds. The maximum Gasteiger partial charge on any atom is 0.338 e. The highest BCUT2D eigenvalue weighted by molar-refractivity contribution is 7.84. The van der Waals surface area contributed by atoms with E-state index in [0.717, 1.165) is 38.5 Å².